The van der Waals surface area contributed by atoms with Crippen LogP contribution >= 0.6 is 0 Å². The molecule has 108 valence electrons. The van der Waals surface area contributed by atoms with E-state index in [2.05, 4.69) is 5.32 Å². The van der Waals surface area contributed by atoms with Crippen molar-refractivity contribution in [3.05, 3.63) is 65.0 Å². The van der Waals surface area contributed by atoms with E-state index in [0.29, 0.717) is 5.56 Å². The minimum atomic E-state index is -0.831. The summed E-state index contributed by atoms with van der Waals surface area (Å²) in [4.78, 5) is 10.8. The Balaban J connectivity index is 1.83. The summed E-state index contributed by atoms with van der Waals surface area (Å²) in [6, 6.07) is 12.4. The second-order valence-electron chi connectivity index (χ2n) is 5.32. The molecule has 21 heavy (non-hydrogen) atoms. The smallest absolute Gasteiger partial charge is 0.307 e. The number of carbonyl (C=O) groups is 1. The Kier molecular flexibility index (Phi) is 3.60. The van der Waals surface area contributed by atoms with Crippen molar-refractivity contribution >= 4 is 11.7 Å². The molecule has 1 unspecified atom stereocenters. The number of hydrogen-bond acceptors (Lipinski definition) is 2. The number of anilines is 1. The van der Waals surface area contributed by atoms with E-state index in [1.54, 1.807) is 12.1 Å². The average molecular weight is 285 g/mol. The lowest BCUT2D eigenvalue weighted by atomic mass is 9.92. The summed E-state index contributed by atoms with van der Waals surface area (Å²) >= 11 is 0. The van der Waals surface area contributed by atoms with Gasteiger partial charge in [-0.2, -0.15) is 0 Å². The monoisotopic (exact) mass is 285 g/mol. The van der Waals surface area contributed by atoms with Gasteiger partial charge in [-0.05, 0) is 36.1 Å². The van der Waals surface area contributed by atoms with E-state index >= 15 is 0 Å². The van der Waals surface area contributed by atoms with Crippen molar-refractivity contribution in [3.8, 4) is 0 Å². The molecule has 2 N–H and O–H groups in total. The van der Waals surface area contributed by atoms with Gasteiger partial charge in [-0.1, -0.05) is 30.3 Å². The second kappa shape index (κ2) is 5.56. The molecule has 1 aliphatic heterocycles. The number of aryl methyl sites for hydroxylation is 1. The van der Waals surface area contributed by atoms with Gasteiger partial charge in [0.05, 0.1) is 12.5 Å². The molecule has 1 heterocycles. The topological polar surface area (TPSA) is 49.3 Å². The maximum absolute atomic E-state index is 13.9. The zero-order valence-corrected chi connectivity index (χ0v) is 11.5. The van der Waals surface area contributed by atoms with Crippen molar-refractivity contribution in [2.24, 2.45) is 0 Å². The maximum atomic E-state index is 13.9. The van der Waals surface area contributed by atoms with Crippen molar-refractivity contribution in [2.75, 3.05) is 5.32 Å². The number of aliphatic carboxylic acids is 1. The van der Waals surface area contributed by atoms with Gasteiger partial charge in [-0.25, -0.2) is 4.39 Å². The van der Waals surface area contributed by atoms with Gasteiger partial charge >= 0.3 is 5.97 Å². The number of benzene rings is 2. The molecule has 0 spiro atoms. The number of halogens is 1. The molecule has 3 rings (SSSR count). The van der Waals surface area contributed by atoms with Crippen LogP contribution in [0.15, 0.2) is 42.5 Å². The van der Waals surface area contributed by atoms with Gasteiger partial charge in [-0.3, -0.25) is 4.79 Å². The highest BCUT2D eigenvalue weighted by Crippen LogP contribution is 2.34. The van der Waals surface area contributed by atoms with Crippen molar-refractivity contribution in [1.82, 2.24) is 0 Å². The molecule has 0 saturated heterocycles. The van der Waals surface area contributed by atoms with Crippen LogP contribution < -0.4 is 5.32 Å². The Morgan fingerprint density at radius 2 is 2.10 bits per heavy atom. The Morgan fingerprint density at radius 1 is 1.29 bits per heavy atom. The molecular formula is C17H16FNO2. The zero-order valence-electron chi connectivity index (χ0n) is 11.5. The predicted octanol–water partition coefficient (Wildman–Crippen LogP) is 3.55. The molecular weight excluding hydrogens is 269 g/mol. The van der Waals surface area contributed by atoms with Crippen LogP contribution in [0.5, 0.6) is 0 Å². The molecule has 0 bridgehead atoms. The minimum absolute atomic E-state index is 0.0318. The van der Waals surface area contributed by atoms with Crippen LogP contribution in [0.4, 0.5) is 10.1 Å². The van der Waals surface area contributed by atoms with Gasteiger partial charge < -0.3 is 10.4 Å². The minimum Gasteiger partial charge on any atom is -0.481 e. The molecule has 0 fully saturated rings. The van der Waals surface area contributed by atoms with E-state index in [0.717, 1.165) is 29.7 Å². The zero-order chi connectivity index (χ0) is 14.8. The molecule has 1 aliphatic rings. The number of carboxylic acids is 1. The Hall–Kier alpha value is -2.36. The third-order valence-electron chi connectivity index (χ3n) is 3.84. The molecule has 1 atom stereocenters. The summed E-state index contributed by atoms with van der Waals surface area (Å²) in [6.45, 7) is 0. The quantitative estimate of drug-likeness (QED) is 0.906. The standard InChI is InChI=1S/C17H16FNO2/c18-14-4-2-1-3-13(14)16-8-6-12-9-11(10-17(20)21)5-7-15(12)19-16/h1-5,7,9,16,19H,6,8,10H2,(H,20,21). The Bertz CT molecular complexity index is 684. The third kappa shape index (κ3) is 2.89. The average Bonchev–Trinajstić information content (AvgIpc) is 2.47. The van der Waals surface area contributed by atoms with Gasteiger partial charge in [0.1, 0.15) is 5.82 Å². The lowest BCUT2D eigenvalue weighted by Crippen LogP contribution is -2.19. The van der Waals surface area contributed by atoms with E-state index in [1.807, 2.05) is 24.3 Å². The van der Waals surface area contributed by atoms with Crippen LogP contribution in [0.3, 0.4) is 0 Å². The van der Waals surface area contributed by atoms with Crippen molar-refractivity contribution in [3.63, 3.8) is 0 Å². The summed E-state index contributed by atoms with van der Waals surface area (Å²) in [5, 5.41) is 12.2. The van der Waals surface area contributed by atoms with E-state index in [-0.39, 0.29) is 18.3 Å². The SMILES string of the molecule is O=C(O)Cc1ccc2c(c1)CCC(c1ccccc1F)N2. The normalized spacial score (nSPS) is 16.9. The van der Waals surface area contributed by atoms with E-state index < -0.39 is 5.97 Å². The van der Waals surface area contributed by atoms with Gasteiger partial charge in [0, 0.05) is 11.3 Å². The molecule has 0 radical (unpaired) electrons. The van der Waals surface area contributed by atoms with Crippen molar-refractivity contribution in [2.45, 2.75) is 25.3 Å². The van der Waals surface area contributed by atoms with Crippen molar-refractivity contribution < 1.29 is 14.3 Å². The van der Waals surface area contributed by atoms with Gasteiger partial charge in [-0.15, -0.1) is 0 Å². The highest BCUT2D eigenvalue weighted by molar-refractivity contribution is 5.71. The second-order valence-corrected chi connectivity index (χ2v) is 5.32. The number of carboxylic acid groups (broad SMARTS) is 1. The van der Waals surface area contributed by atoms with Gasteiger partial charge in [0.25, 0.3) is 0 Å². The van der Waals surface area contributed by atoms with E-state index in [1.165, 1.54) is 6.07 Å². The molecule has 3 nitrogen and oxygen atoms in total. The predicted molar refractivity (Wildman–Crippen MR) is 78.9 cm³/mol. The lowest BCUT2D eigenvalue weighted by molar-refractivity contribution is -0.136. The van der Waals surface area contributed by atoms with Crippen LogP contribution in [0, 0.1) is 5.82 Å². The molecule has 0 saturated carbocycles. The number of fused-ring (bicyclic) bond motifs is 1. The fraction of sp³-hybridized carbons (Fsp3) is 0.235. The van der Waals surface area contributed by atoms with Gasteiger partial charge in [0.15, 0.2) is 0 Å². The largest absolute Gasteiger partial charge is 0.481 e. The number of nitrogens with one attached hydrogen (secondary N) is 1. The van der Waals surface area contributed by atoms with Crippen LogP contribution in [-0.4, -0.2) is 11.1 Å². The summed E-state index contributed by atoms with van der Waals surface area (Å²) in [5.74, 6) is -1.02. The number of rotatable bonds is 3. The fourth-order valence-corrected chi connectivity index (χ4v) is 2.83. The van der Waals surface area contributed by atoms with Crippen molar-refractivity contribution in [1.29, 1.82) is 0 Å². The molecule has 0 aliphatic carbocycles. The summed E-state index contributed by atoms with van der Waals surface area (Å²) in [6.07, 6.45) is 1.64. The van der Waals surface area contributed by atoms with E-state index in [4.69, 9.17) is 5.11 Å². The number of hydrogen-bond donors (Lipinski definition) is 2. The summed E-state index contributed by atoms with van der Waals surface area (Å²) in [5.41, 5.74) is 3.54. The third-order valence-corrected chi connectivity index (χ3v) is 3.84. The summed E-state index contributed by atoms with van der Waals surface area (Å²) < 4.78 is 13.9. The van der Waals surface area contributed by atoms with Crippen LogP contribution in [0.1, 0.15) is 29.2 Å². The Morgan fingerprint density at radius 3 is 2.86 bits per heavy atom. The molecule has 4 heteroatoms. The molecule has 2 aromatic carbocycles. The molecule has 0 aromatic heterocycles. The van der Waals surface area contributed by atoms with Gasteiger partial charge in [0.2, 0.25) is 0 Å². The first-order valence-corrected chi connectivity index (χ1v) is 6.98. The van der Waals surface area contributed by atoms with Crippen LogP contribution in [0.2, 0.25) is 0 Å². The first-order valence-electron chi connectivity index (χ1n) is 6.98. The maximum Gasteiger partial charge on any atom is 0.307 e. The fourth-order valence-electron chi connectivity index (χ4n) is 2.83. The van der Waals surface area contributed by atoms with E-state index in [9.17, 15) is 9.18 Å². The van der Waals surface area contributed by atoms with Crippen LogP contribution in [-0.2, 0) is 17.6 Å². The molecule has 0 amide bonds. The molecule has 2 aromatic rings. The highest BCUT2D eigenvalue weighted by Gasteiger charge is 2.21. The highest BCUT2D eigenvalue weighted by atomic mass is 19.1. The summed E-state index contributed by atoms with van der Waals surface area (Å²) in [7, 11) is 0. The first kappa shape index (κ1) is 13.6. The lowest BCUT2D eigenvalue weighted by Gasteiger charge is -2.28. The first-order chi connectivity index (χ1) is 10.1. The Labute approximate surface area is 122 Å². The van der Waals surface area contributed by atoms with Crippen LogP contribution in [0.25, 0.3) is 0 Å².